The minimum atomic E-state index is -0.422. The van der Waals surface area contributed by atoms with Gasteiger partial charge in [0, 0.05) is 26.4 Å². The third-order valence-electron chi connectivity index (χ3n) is 3.89. The molecule has 2 heterocycles. The zero-order chi connectivity index (χ0) is 16.8. The minimum absolute atomic E-state index is 0.0663. The van der Waals surface area contributed by atoms with Gasteiger partial charge in [0.15, 0.2) is 0 Å². The van der Waals surface area contributed by atoms with Crippen LogP contribution in [0.25, 0.3) is 0 Å². The second kappa shape index (κ2) is 8.10. The van der Waals surface area contributed by atoms with Crippen LogP contribution in [0.5, 0.6) is 0 Å². The second-order valence-corrected chi connectivity index (χ2v) is 6.25. The van der Waals surface area contributed by atoms with E-state index in [2.05, 4.69) is 24.3 Å². The summed E-state index contributed by atoms with van der Waals surface area (Å²) in [7, 11) is 1.63. The highest BCUT2D eigenvalue weighted by Gasteiger charge is 2.33. The van der Waals surface area contributed by atoms with Gasteiger partial charge in [0.2, 0.25) is 5.91 Å². The Bertz CT molecular complexity index is 541. The van der Waals surface area contributed by atoms with E-state index in [1.54, 1.807) is 29.0 Å². The van der Waals surface area contributed by atoms with Gasteiger partial charge in [-0.15, -0.1) is 0 Å². The fourth-order valence-corrected chi connectivity index (χ4v) is 2.73. The fourth-order valence-electron chi connectivity index (χ4n) is 2.73. The summed E-state index contributed by atoms with van der Waals surface area (Å²) in [4.78, 5) is 26.8. The van der Waals surface area contributed by atoms with E-state index in [0.29, 0.717) is 44.3 Å². The Morgan fingerprint density at radius 2 is 2.30 bits per heavy atom. The van der Waals surface area contributed by atoms with Gasteiger partial charge >= 0.3 is 0 Å². The van der Waals surface area contributed by atoms with Crippen molar-refractivity contribution in [3.63, 3.8) is 0 Å². The number of carbonyl (C=O) groups excluding carboxylic acids is 2. The number of amides is 2. The predicted molar refractivity (Wildman–Crippen MR) is 86.0 cm³/mol. The number of carbonyl (C=O) groups is 2. The van der Waals surface area contributed by atoms with Crippen molar-refractivity contribution in [3.05, 3.63) is 18.0 Å². The molecule has 1 unspecified atom stereocenters. The highest BCUT2D eigenvalue weighted by molar-refractivity contribution is 5.96. The maximum Gasteiger partial charge on any atom is 0.275 e. The number of nitrogens with one attached hydrogen (secondary N) is 1. The molecule has 7 heteroatoms. The third-order valence-corrected chi connectivity index (χ3v) is 3.89. The van der Waals surface area contributed by atoms with E-state index in [1.807, 2.05) is 0 Å². The maximum absolute atomic E-state index is 12.8. The van der Waals surface area contributed by atoms with Crippen LogP contribution in [0, 0.1) is 5.92 Å². The molecule has 1 saturated heterocycles. The highest BCUT2D eigenvalue weighted by atomic mass is 16.5. The number of hydrogen-bond donors (Lipinski definition) is 1. The Kier molecular flexibility index (Phi) is 6.15. The lowest BCUT2D eigenvalue weighted by atomic mass is 10.0. The fraction of sp³-hybridized carbons (Fsp3) is 0.688. The van der Waals surface area contributed by atoms with Crippen molar-refractivity contribution >= 4 is 11.8 Å². The van der Waals surface area contributed by atoms with Crippen molar-refractivity contribution in [2.45, 2.75) is 39.3 Å². The van der Waals surface area contributed by atoms with E-state index in [0.717, 1.165) is 6.42 Å². The largest absolute Gasteiger partial charge is 0.383 e. The molecule has 1 aliphatic heterocycles. The first-order valence-corrected chi connectivity index (χ1v) is 8.14. The number of methoxy groups -OCH3 is 1. The lowest BCUT2D eigenvalue weighted by Crippen LogP contribution is -2.48. The van der Waals surface area contributed by atoms with Crippen molar-refractivity contribution in [1.82, 2.24) is 20.0 Å². The summed E-state index contributed by atoms with van der Waals surface area (Å²) in [5.41, 5.74) is 0.379. The molecule has 7 nitrogen and oxygen atoms in total. The van der Waals surface area contributed by atoms with Gasteiger partial charge in [-0.05, 0) is 24.8 Å². The monoisotopic (exact) mass is 322 g/mol. The van der Waals surface area contributed by atoms with Gasteiger partial charge in [-0.1, -0.05) is 13.8 Å². The van der Waals surface area contributed by atoms with Crippen LogP contribution in [0.15, 0.2) is 12.3 Å². The van der Waals surface area contributed by atoms with Crippen LogP contribution in [0.1, 0.15) is 37.2 Å². The molecule has 1 N–H and O–H groups in total. The lowest BCUT2D eigenvalue weighted by molar-refractivity contribution is -0.125. The molecule has 128 valence electrons. The van der Waals surface area contributed by atoms with Gasteiger partial charge in [0.1, 0.15) is 11.7 Å². The second-order valence-electron chi connectivity index (χ2n) is 6.25. The average Bonchev–Trinajstić information content (AvgIpc) is 2.91. The Morgan fingerprint density at radius 3 is 3.00 bits per heavy atom. The first kappa shape index (κ1) is 17.5. The van der Waals surface area contributed by atoms with Crippen LogP contribution in [0.2, 0.25) is 0 Å². The maximum atomic E-state index is 12.8. The van der Waals surface area contributed by atoms with Gasteiger partial charge in [-0.2, -0.15) is 5.10 Å². The van der Waals surface area contributed by atoms with Crippen LogP contribution in [0.3, 0.4) is 0 Å². The molecule has 1 aromatic rings. The number of rotatable bonds is 6. The molecule has 0 radical (unpaired) electrons. The van der Waals surface area contributed by atoms with Crippen molar-refractivity contribution < 1.29 is 14.3 Å². The van der Waals surface area contributed by atoms with Gasteiger partial charge in [-0.3, -0.25) is 14.3 Å². The zero-order valence-electron chi connectivity index (χ0n) is 14.1. The molecule has 1 fully saturated rings. The van der Waals surface area contributed by atoms with E-state index in [-0.39, 0.29) is 11.8 Å². The van der Waals surface area contributed by atoms with Gasteiger partial charge < -0.3 is 15.0 Å². The van der Waals surface area contributed by atoms with Gasteiger partial charge in [0.25, 0.3) is 5.91 Å². The van der Waals surface area contributed by atoms with E-state index in [1.165, 1.54) is 0 Å². The molecule has 0 bridgehead atoms. The summed E-state index contributed by atoms with van der Waals surface area (Å²) in [5, 5.41) is 7.20. The van der Waals surface area contributed by atoms with Crippen molar-refractivity contribution in [2.24, 2.45) is 5.92 Å². The summed E-state index contributed by atoms with van der Waals surface area (Å²) in [5.74, 6) is 0.0886. The highest BCUT2D eigenvalue weighted by Crippen LogP contribution is 2.17. The molecule has 0 aromatic carbocycles. The summed E-state index contributed by atoms with van der Waals surface area (Å²) >= 11 is 0. The van der Waals surface area contributed by atoms with Gasteiger partial charge in [0.05, 0.1) is 13.2 Å². The summed E-state index contributed by atoms with van der Waals surface area (Å²) in [6, 6.07) is 1.28. The minimum Gasteiger partial charge on any atom is -0.383 e. The van der Waals surface area contributed by atoms with E-state index in [4.69, 9.17) is 4.74 Å². The Labute approximate surface area is 137 Å². The molecule has 0 aliphatic carbocycles. The lowest BCUT2D eigenvalue weighted by Gasteiger charge is -2.29. The molecule has 23 heavy (non-hydrogen) atoms. The molecule has 2 amide bonds. The van der Waals surface area contributed by atoms with Gasteiger partial charge in [-0.25, -0.2) is 0 Å². The number of nitrogens with zero attached hydrogens (tertiary/aromatic N) is 3. The predicted octanol–water partition coefficient (Wildman–Crippen LogP) is 0.906. The quantitative estimate of drug-likeness (QED) is 0.844. The smallest absolute Gasteiger partial charge is 0.275 e. The number of hydrogen-bond acceptors (Lipinski definition) is 4. The Hall–Kier alpha value is -1.89. The molecule has 1 atom stereocenters. The molecular weight excluding hydrogens is 296 g/mol. The normalized spacial score (nSPS) is 18.9. The Balaban J connectivity index is 2.16. The van der Waals surface area contributed by atoms with Crippen molar-refractivity contribution in [3.8, 4) is 0 Å². The van der Waals surface area contributed by atoms with Crippen LogP contribution in [-0.4, -0.2) is 59.3 Å². The molecule has 0 saturated carbocycles. The molecule has 2 rings (SSSR count). The van der Waals surface area contributed by atoms with E-state index in [9.17, 15) is 9.59 Å². The van der Waals surface area contributed by atoms with Crippen LogP contribution >= 0.6 is 0 Å². The van der Waals surface area contributed by atoms with Crippen molar-refractivity contribution in [1.29, 1.82) is 0 Å². The summed E-state index contributed by atoms with van der Waals surface area (Å²) in [6.45, 7) is 6.43. The SMILES string of the molecule is COCCn1ccc(C(=O)N2CCCNC(=O)C2CC(C)C)n1. The standard InChI is InChI=1S/C16H26N4O3/c1-12(2)11-14-15(21)17-6-4-7-20(14)16(22)13-5-8-19(18-13)9-10-23-3/h5,8,12,14H,4,6-7,9-11H2,1-3H3,(H,17,21). The molecule has 1 aromatic heterocycles. The summed E-state index contributed by atoms with van der Waals surface area (Å²) < 4.78 is 6.70. The first-order valence-electron chi connectivity index (χ1n) is 8.14. The van der Waals surface area contributed by atoms with Crippen molar-refractivity contribution in [2.75, 3.05) is 26.8 Å². The zero-order valence-corrected chi connectivity index (χ0v) is 14.1. The molecule has 0 spiro atoms. The number of ether oxygens (including phenoxy) is 1. The van der Waals surface area contributed by atoms with Crippen LogP contribution < -0.4 is 5.32 Å². The average molecular weight is 322 g/mol. The molecule has 1 aliphatic rings. The van der Waals surface area contributed by atoms with Crippen LogP contribution in [-0.2, 0) is 16.1 Å². The third kappa shape index (κ3) is 4.54. The summed E-state index contributed by atoms with van der Waals surface area (Å²) in [6.07, 6.45) is 3.18. The number of aromatic nitrogens is 2. The Morgan fingerprint density at radius 1 is 1.52 bits per heavy atom. The molecular formula is C16H26N4O3. The van der Waals surface area contributed by atoms with E-state index >= 15 is 0 Å². The van der Waals surface area contributed by atoms with E-state index < -0.39 is 6.04 Å². The van der Waals surface area contributed by atoms with Crippen LogP contribution in [0.4, 0.5) is 0 Å². The topological polar surface area (TPSA) is 76.5 Å². The first-order chi connectivity index (χ1) is 11.0.